The molecule has 0 aliphatic carbocycles. The van der Waals surface area contributed by atoms with Gasteiger partial charge in [-0.3, -0.25) is 14.9 Å². The summed E-state index contributed by atoms with van der Waals surface area (Å²) in [6.45, 7) is 2.42. The second-order valence-corrected chi connectivity index (χ2v) is 5.79. The number of benzene rings is 2. The van der Waals surface area contributed by atoms with Crippen molar-refractivity contribution >= 4 is 27.5 Å². The van der Waals surface area contributed by atoms with Crippen LogP contribution in [0.4, 0.5) is 5.69 Å². The Balaban J connectivity index is 1.97. The lowest BCUT2D eigenvalue weighted by Gasteiger charge is -2.13. The molecule has 0 bridgehead atoms. The van der Waals surface area contributed by atoms with E-state index in [1.165, 1.54) is 12.1 Å². The molecule has 0 aliphatic heterocycles. The molecule has 0 radical (unpaired) electrons. The number of carbonyl (C=O) groups excluding carboxylic acids is 1. The smallest absolute Gasteiger partial charge is 0.269 e. The molecule has 2 rings (SSSR count). The zero-order valence-electron chi connectivity index (χ0n) is 12.0. The van der Waals surface area contributed by atoms with Gasteiger partial charge < -0.3 is 5.32 Å². The van der Waals surface area contributed by atoms with E-state index in [-0.39, 0.29) is 17.5 Å². The Bertz CT molecular complexity index is 686. The van der Waals surface area contributed by atoms with Gasteiger partial charge in [0.15, 0.2) is 0 Å². The third-order valence-corrected chi connectivity index (χ3v) is 4.05. The van der Waals surface area contributed by atoms with Crippen LogP contribution in [-0.2, 0) is 0 Å². The van der Waals surface area contributed by atoms with Crippen molar-refractivity contribution in [2.24, 2.45) is 0 Å². The molecule has 5 nitrogen and oxygen atoms in total. The Morgan fingerprint density at radius 2 is 1.86 bits per heavy atom. The van der Waals surface area contributed by atoms with E-state index in [0.717, 1.165) is 10.0 Å². The third kappa shape index (κ3) is 3.92. The van der Waals surface area contributed by atoms with Gasteiger partial charge in [0.1, 0.15) is 0 Å². The molecular formula is C16H15BrN2O3. The van der Waals surface area contributed by atoms with Crippen molar-refractivity contribution < 1.29 is 9.72 Å². The van der Waals surface area contributed by atoms with E-state index >= 15 is 0 Å². The monoisotopic (exact) mass is 362 g/mol. The molecule has 1 N–H and O–H groups in total. The van der Waals surface area contributed by atoms with Gasteiger partial charge in [0.05, 0.1) is 10.5 Å². The number of hydrogen-bond donors (Lipinski definition) is 1. The second-order valence-electron chi connectivity index (χ2n) is 4.94. The Hall–Kier alpha value is -2.21. The maximum atomic E-state index is 12.1. The summed E-state index contributed by atoms with van der Waals surface area (Å²) in [5.41, 5.74) is 1.59. The summed E-state index contributed by atoms with van der Waals surface area (Å²) in [7, 11) is 0. The fourth-order valence-electron chi connectivity index (χ4n) is 2.03. The van der Waals surface area contributed by atoms with Crippen molar-refractivity contribution in [3.63, 3.8) is 0 Å². The van der Waals surface area contributed by atoms with Crippen molar-refractivity contribution in [3.8, 4) is 0 Å². The van der Waals surface area contributed by atoms with Crippen molar-refractivity contribution in [1.82, 2.24) is 5.32 Å². The highest BCUT2D eigenvalue weighted by atomic mass is 79.9. The first-order chi connectivity index (χ1) is 10.5. The number of nitrogens with one attached hydrogen (secondary N) is 1. The Labute approximate surface area is 136 Å². The lowest BCUT2D eigenvalue weighted by atomic mass is 10.0. The standard InChI is InChI=1S/C16H15BrN2O3/c1-11(12-6-8-13(9-7-12)19(21)22)10-18-16(20)14-4-2-3-5-15(14)17/h2-9,11H,10H2,1H3,(H,18,20). The average molecular weight is 363 g/mol. The van der Waals surface area contributed by atoms with E-state index in [1.54, 1.807) is 24.3 Å². The summed E-state index contributed by atoms with van der Waals surface area (Å²) >= 11 is 3.35. The fourth-order valence-corrected chi connectivity index (χ4v) is 2.49. The van der Waals surface area contributed by atoms with E-state index in [2.05, 4.69) is 21.2 Å². The van der Waals surface area contributed by atoms with Gasteiger partial charge in [-0.2, -0.15) is 0 Å². The van der Waals surface area contributed by atoms with Gasteiger partial charge in [0, 0.05) is 23.2 Å². The number of halogens is 1. The first-order valence-corrected chi connectivity index (χ1v) is 7.55. The van der Waals surface area contributed by atoms with Crippen LogP contribution in [0.5, 0.6) is 0 Å². The van der Waals surface area contributed by atoms with E-state index in [0.29, 0.717) is 12.1 Å². The first-order valence-electron chi connectivity index (χ1n) is 6.76. The van der Waals surface area contributed by atoms with Crippen LogP contribution in [0.15, 0.2) is 53.0 Å². The normalized spacial score (nSPS) is 11.7. The number of rotatable bonds is 5. The molecule has 2 aromatic rings. The Morgan fingerprint density at radius 3 is 2.45 bits per heavy atom. The largest absolute Gasteiger partial charge is 0.351 e. The number of nitro groups is 1. The van der Waals surface area contributed by atoms with E-state index in [9.17, 15) is 14.9 Å². The molecule has 0 fully saturated rings. The molecule has 0 heterocycles. The predicted octanol–water partition coefficient (Wildman–Crippen LogP) is 3.89. The minimum atomic E-state index is -0.427. The highest BCUT2D eigenvalue weighted by Gasteiger charge is 2.12. The van der Waals surface area contributed by atoms with Gasteiger partial charge >= 0.3 is 0 Å². The summed E-state index contributed by atoms with van der Waals surface area (Å²) < 4.78 is 0.746. The lowest BCUT2D eigenvalue weighted by Crippen LogP contribution is -2.27. The summed E-state index contributed by atoms with van der Waals surface area (Å²) in [6.07, 6.45) is 0. The number of hydrogen-bond acceptors (Lipinski definition) is 3. The molecule has 1 amide bonds. The summed E-state index contributed by atoms with van der Waals surface area (Å²) in [5.74, 6) is -0.0894. The maximum Gasteiger partial charge on any atom is 0.269 e. The van der Waals surface area contributed by atoms with Gasteiger partial charge in [-0.15, -0.1) is 0 Å². The number of nitrogens with zero attached hydrogens (tertiary/aromatic N) is 1. The summed E-state index contributed by atoms with van der Waals surface area (Å²) in [4.78, 5) is 22.3. The van der Waals surface area contributed by atoms with Crippen molar-refractivity contribution in [2.45, 2.75) is 12.8 Å². The van der Waals surface area contributed by atoms with Crippen LogP contribution in [0.2, 0.25) is 0 Å². The SMILES string of the molecule is CC(CNC(=O)c1ccccc1Br)c1ccc([N+](=O)[O-])cc1. The van der Waals surface area contributed by atoms with Crippen LogP contribution in [0.25, 0.3) is 0 Å². The summed E-state index contributed by atoms with van der Waals surface area (Å²) in [5, 5.41) is 13.5. The van der Waals surface area contributed by atoms with Gasteiger partial charge in [-0.25, -0.2) is 0 Å². The molecule has 0 saturated heterocycles. The highest BCUT2D eigenvalue weighted by Crippen LogP contribution is 2.19. The van der Waals surface area contributed by atoms with Crippen LogP contribution in [-0.4, -0.2) is 17.4 Å². The minimum absolute atomic E-state index is 0.0623. The van der Waals surface area contributed by atoms with E-state index in [4.69, 9.17) is 0 Å². The molecule has 1 unspecified atom stereocenters. The highest BCUT2D eigenvalue weighted by molar-refractivity contribution is 9.10. The Morgan fingerprint density at radius 1 is 1.23 bits per heavy atom. The third-order valence-electron chi connectivity index (χ3n) is 3.36. The molecule has 0 aromatic heterocycles. The maximum absolute atomic E-state index is 12.1. The van der Waals surface area contributed by atoms with Crippen molar-refractivity contribution in [3.05, 3.63) is 74.2 Å². The fraction of sp³-hybridized carbons (Fsp3) is 0.188. The molecule has 6 heteroatoms. The molecule has 1 atom stereocenters. The second kappa shape index (κ2) is 7.17. The predicted molar refractivity (Wildman–Crippen MR) is 88.0 cm³/mol. The average Bonchev–Trinajstić information content (AvgIpc) is 2.52. The molecule has 2 aromatic carbocycles. The van der Waals surface area contributed by atoms with Crippen molar-refractivity contribution in [1.29, 1.82) is 0 Å². The molecule has 0 aliphatic rings. The van der Waals surface area contributed by atoms with Crippen LogP contribution in [0.1, 0.15) is 28.8 Å². The van der Waals surface area contributed by atoms with Gasteiger partial charge in [0.25, 0.3) is 11.6 Å². The van der Waals surface area contributed by atoms with Crippen LogP contribution in [0.3, 0.4) is 0 Å². The molecular weight excluding hydrogens is 348 g/mol. The van der Waals surface area contributed by atoms with Crippen LogP contribution in [0, 0.1) is 10.1 Å². The molecule has 114 valence electrons. The topological polar surface area (TPSA) is 72.2 Å². The lowest BCUT2D eigenvalue weighted by molar-refractivity contribution is -0.384. The number of nitro benzene ring substituents is 1. The van der Waals surface area contributed by atoms with E-state index < -0.39 is 4.92 Å². The zero-order chi connectivity index (χ0) is 16.1. The summed E-state index contributed by atoms with van der Waals surface area (Å²) in [6, 6.07) is 13.6. The zero-order valence-corrected chi connectivity index (χ0v) is 13.5. The quantitative estimate of drug-likeness (QED) is 0.647. The number of carbonyl (C=O) groups is 1. The van der Waals surface area contributed by atoms with Gasteiger partial charge in [-0.05, 0) is 39.5 Å². The molecule has 0 spiro atoms. The number of amides is 1. The van der Waals surface area contributed by atoms with Crippen molar-refractivity contribution in [2.75, 3.05) is 6.54 Å². The van der Waals surface area contributed by atoms with E-state index in [1.807, 2.05) is 19.1 Å². The molecule has 0 saturated carbocycles. The van der Waals surface area contributed by atoms with Crippen LogP contribution < -0.4 is 5.32 Å². The van der Waals surface area contributed by atoms with Gasteiger partial charge in [-0.1, -0.05) is 31.2 Å². The van der Waals surface area contributed by atoms with Crippen LogP contribution >= 0.6 is 15.9 Å². The van der Waals surface area contributed by atoms with Gasteiger partial charge in [0.2, 0.25) is 0 Å². The first kappa shape index (κ1) is 16.2. The minimum Gasteiger partial charge on any atom is -0.351 e. The Kier molecular flexibility index (Phi) is 5.27. The molecule has 22 heavy (non-hydrogen) atoms. The number of non-ortho nitro benzene ring substituents is 1.